The van der Waals surface area contributed by atoms with Crippen molar-refractivity contribution in [2.45, 2.75) is 6.92 Å². The van der Waals surface area contributed by atoms with E-state index < -0.39 is 0 Å². The van der Waals surface area contributed by atoms with Crippen molar-refractivity contribution in [2.75, 3.05) is 20.8 Å². The summed E-state index contributed by atoms with van der Waals surface area (Å²) in [5.74, 6) is 0.890. The van der Waals surface area contributed by atoms with Gasteiger partial charge in [0.1, 0.15) is 0 Å². The highest BCUT2D eigenvalue weighted by Gasteiger charge is 2.19. The van der Waals surface area contributed by atoms with Crippen LogP contribution in [0, 0.1) is 0 Å². The van der Waals surface area contributed by atoms with E-state index in [1.54, 1.807) is 14.2 Å². The van der Waals surface area contributed by atoms with E-state index in [1.165, 1.54) is 0 Å². The largest absolute Gasteiger partial charge is 0.493 e. The Morgan fingerprint density at radius 3 is 2.37 bits per heavy atom. The average molecular weight is 360 g/mol. The first kappa shape index (κ1) is 17.2. The molecule has 4 aromatic rings. The summed E-state index contributed by atoms with van der Waals surface area (Å²) in [6.45, 7) is 2.13. The summed E-state index contributed by atoms with van der Waals surface area (Å²) >= 11 is 0. The van der Waals surface area contributed by atoms with Crippen molar-refractivity contribution in [3.05, 3.63) is 60.2 Å². The van der Waals surface area contributed by atoms with E-state index in [2.05, 4.69) is 12.1 Å². The average Bonchev–Trinajstić information content (AvgIpc) is 2.71. The third kappa shape index (κ3) is 2.65. The fourth-order valence-electron chi connectivity index (χ4n) is 3.70. The maximum absolute atomic E-state index is 12.8. The Kier molecular flexibility index (Phi) is 4.32. The summed E-state index contributed by atoms with van der Waals surface area (Å²) in [7, 11) is 3.20. The summed E-state index contributed by atoms with van der Waals surface area (Å²) in [5, 5.41) is 5.80. The summed E-state index contributed by atoms with van der Waals surface area (Å²) in [4.78, 5) is 12.8. The summed E-state index contributed by atoms with van der Waals surface area (Å²) in [6.07, 6.45) is 0. The lowest BCUT2D eigenvalue weighted by Gasteiger charge is -2.16. The number of benzene rings is 4. The van der Waals surface area contributed by atoms with E-state index in [1.807, 2.05) is 49.4 Å². The van der Waals surface area contributed by atoms with Crippen LogP contribution >= 0.6 is 0 Å². The van der Waals surface area contributed by atoms with Gasteiger partial charge in [0, 0.05) is 10.8 Å². The number of carbonyl (C=O) groups excluding carboxylic acids is 1. The molecule has 0 unspecified atom stereocenters. The fourth-order valence-corrected chi connectivity index (χ4v) is 3.70. The van der Waals surface area contributed by atoms with Gasteiger partial charge in [-0.15, -0.1) is 0 Å². The minimum atomic E-state index is -0.342. The molecular formula is C23H20O4. The van der Waals surface area contributed by atoms with Crippen LogP contribution in [0.5, 0.6) is 11.5 Å². The number of esters is 1. The van der Waals surface area contributed by atoms with Gasteiger partial charge in [0.15, 0.2) is 11.5 Å². The van der Waals surface area contributed by atoms with Crippen molar-refractivity contribution in [1.29, 1.82) is 0 Å². The minimum Gasteiger partial charge on any atom is -0.493 e. The first-order chi connectivity index (χ1) is 13.2. The SMILES string of the molecule is CCOC(=O)c1cc2c(OC)c(OC)ccc2c2ccc3ccccc3c12. The van der Waals surface area contributed by atoms with Crippen LogP contribution in [-0.4, -0.2) is 26.8 Å². The maximum atomic E-state index is 12.8. The Morgan fingerprint density at radius 2 is 1.63 bits per heavy atom. The zero-order chi connectivity index (χ0) is 19.0. The standard InChI is InChI=1S/C23H20O4/c1-4-27-23(24)19-13-18-16(11-12-20(25-2)22(18)26-3)17-10-9-14-7-5-6-8-15(14)21(17)19/h5-13H,4H2,1-3H3. The molecule has 4 rings (SSSR count). The van der Waals surface area contributed by atoms with E-state index >= 15 is 0 Å². The number of fused-ring (bicyclic) bond motifs is 5. The summed E-state index contributed by atoms with van der Waals surface area (Å²) in [6, 6.07) is 17.9. The fraction of sp³-hybridized carbons (Fsp3) is 0.174. The second kappa shape index (κ2) is 6.80. The molecule has 0 fully saturated rings. The maximum Gasteiger partial charge on any atom is 0.338 e. The van der Waals surface area contributed by atoms with E-state index in [9.17, 15) is 4.79 Å². The van der Waals surface area contributed by atoms with Gasteiger partial charge >= 0.3 is 5.97 Å². The predicted molar refractivity (Wildman–Crippen MR) is 108 cm³/mol. The highest BCUT2D eigenvalue weighted by atomic mass is 16.5. The van der Waals surface area contributed by atoms with Crippen molar-refractivity contribution in [2.24, 2.45) is 0 Å². The van der Waals surface area contributed by atoms with Crippen LogP contribution in [0.15, 0.2) is 54.6 Å². The van der Waals surface area contributed by atoms with Crippen molar-refractivity contribution in [3.63, 3.8) is 0 Å². The highest BCUT2D eigenvalue weighted by molar-refractivity contribution is 6.25. The molecule has 0 atom stereocenters. The van der Waals surface area contributed by atoms with Crippen molar-refractivity contribution >= 4 is 38.3 Å². The molecule has 0 aromatic heterocycles. The number of rotatable bonds is 4. The summed E-state index contributed by atoms with van der Waals surface area (Å²) in [5.41, 5.74) is 0.530. The van der Waals surface area contributed by atoms with Gasteiger partial charge in [-0.25, -0.2) is 4.79 Å². The van der Waals surface area contributed by atoms with E-state index in [0.717, 1.165) is 32.3 Å². The monoisotopic (exact) mass is 360 g/mol. The molecule has 0 radical (unpaired) electrons. The third-order valence-corrected chi connectivity index (χ3v) is 4.86. The van der Waals surface area contributed by atoms with E-state index in [0.29, 0.717) is 23.7 Å². The molecule has 4 aromatic carbocycles. The summed E-state index contributed by atoms with van der Waals surface area (Å²) < 4.78 is 16.4. The van der Waals surface area contributed by atoms with Gasteiger partial charge in [0.2, 0.25) is 0 Å². The Bertz CT molecular complexity index is 1180. The molecule has 0 amide bonds. The molecule has 27 heavy (non-hydrogen) atoms. The van der Waals surface area contributed by atoms with Crippen molar-refractivity contribution in [1.82, 2.24) is 0 Å². The van der Waals surface area contributed by atoms with Gasteiger partial charge in [-0.2, -0.15) is 0 Å². The lowest BCUT2D eigenvalue weighted by molar-refractivity contribution is 0.0529. The van der Waals surface area contributed by atoms with Crippen molar-refractivity contribution < 1.29 is 19.0 Å². The zero-order valence-corrected chi connectivity index (χ0v) is 15.5. The van der Waals surface area contributed by atoms with Gasteiger partial charge in [-0.05, 0) is 46.7 Å². The molecule has 0 aliphatic heterocycles. The molecule has 0 bridgehead atoms. The minimum absolute atomic E-state index is 0.318. The quantitative estimate of drug-likeness (QED) is 0.364. The lowest BCUT2D eigenvalue weighted by atomic mass is 9.92. The highest BCUT2D eigenvalue weighted by Crippen LogP contribution is 2.41. The van der Waals surface area contributed by atoms with Gasteiger partial charge in [0.25, 0.3) is 0 Å². The smallest absolute Gasteiger partial charge is 0.338 e. The zero-order valence-electron chi connectivity index (χ0n) is 15.5. The van der Waals surface area contributed by atoms with Crippen LogP contribution in [-0.2, 0) is 4.74 Å². The number of ether oxygens (including phenoxy) is 3. The molecule has 0 saturated carbocycles. The first-order valence-corrected chi connectivity index (χ1v) is 8.85. The number of hydrogen-bond donors (Lipinski definition) is 0. The molecule has 4 nitrogen and oxygen atoms in total. The third-order valence-electron chi connectivity index (χ3n) is 4.86. The van der Waals surface area contributed by atoms with Crippen LogP contribution in [0.1, 0.15) is 17.3 Å². The van der Waals surface area contributed by atoms with Gasteiger partial charge < -0.3 is 14.2 Å². The Labute approximate surface area is 157 Å². The van der Waals surface area contributed by atoms with Gasteiger partial charge in [0.05, 0.1) is 26.4 Å². The molecular weight excluding hydrogens is 340 g/mol. The second-order valence-corrected chi connectivity index (χ2v) is 6.25. The molecule has 0 spiro atoms. The Hall–Kier alpha value is -3.27. The molecule has 0 aliphatic rings. The van der Waals surface area contributed by atoms with Gasteiger partial charge in [-0.1, -0.05) is 36.4 Å². The van der Waals surface area contributed by atoms with E-state index in [4.69, 9.17) is 14.2 Å². The molecule has 0 heterocycles. The van der Waals surface area contributed by atoms with Crippen LogP contribution in [0.2, 0.25) is 0 Å². The molecule has 4 heteroatoms. The van der Waals surface area contributed by atoms with Gasteiger partial charge in [-0.3, -0.25) is 0 Å². The van der Waals surface area contributed by atoms with Crippen LogP contribution in [0.4, 0.5) is 0 Å². The number of carbonyl (C=O) groups is 1. The normalized spacial score (nSPS) is 11.1. The topological polar surface area (TPSA) is 44.8 Å². The first-order valence-electron chi connectivity index (χ1n) is 8.85. The van der Waals surface area contributed by atoms with Crippen molar-refractivity contribution in [3.8, 4) is 11.5 Å². The molecule has 0 saturated heterocycles. The van der Waals surface area contributed by atoms with E-state index in [-0.39, 0.29) is 5.97 Å². The number of methoxy groups -OCH3 is 2. The van der Waals surface area contributed by atoms with Crippen LogP contribution in [0.3, 0.4) is 0 Å². The lowest BCUT2D eigenvalue weighted by Crippen LogP contribution is -2.06. The Balaban J connectivity index is 2.23. The molecule has 0 aliphatic carbocycles. The Morgan fingerprint density at radius 1 is 0.852 bits per heavy atom. The predicted octanol–water partition coefficient (Wildman–Crippen LogP) is 5.34. The second-order valence-electron chi connectivity index (χ2n) is 6.25. The molecule has 136 valence electrons. The molecule has 0 N–H and O–H groups in total. The number of hydrogen-bond acceptors (Lipinski definition) is 4. The van der Waals surface area contributed by atoms with Crippen LogP contribution < -0.4 is 9.47 Å². The van der Waals surface area contributed by atoms with Crippen LogP contribution in [0.25, 0.3) is 32.3 Å².